The van der Waals surface area contributed by atoms with Crippen LogP contribution in [0.1, 0.15) is 24.2 Å². The van der Waals surface area contributed by atoms with Crippen LogP contribution in [0.5, 0.6) is 5.75 Å². The van der Waals surface area contributed by atoms with Gasteiger partial charge in [-0.2, -0.15) is 0 Å². The van der Waals surface area contributed by atoms with Gasteiger partial charge in [0.1, 0.15) is 5.75 Å². The largest absolute Gasteiger partial charge is 0.497 e. The number of halogens is 1. The fraction of sp³-hybridized carbons (Fsp3) is 0.350. The Labute approximate surface area is 160 Å². The highest BCUT2D eigenvalue weighted by Crippen LogP contribution is 2.18. The van der Waals surface area contributed by atoms with E-state index in [-0.39, 0.29) is 6.54 Å². The van der Waals surface area contributed by atoms with Crippen molar-refractivity contribution < 1.29 is 9.84 Å². The quantitative estimate of drug-likeness (QED) is 0.489. The predicted molar refractivity (Wildman–Crippen MR) is 107 cm³/mol. The normalized spacial score (nSPS) is 12.5. The SMILES string of the molecule is CCNC(=NCC(O)c1ccc(OC)cc1)NCCc1ccccc1Cl. The Hall–Kier alpha value is -2.24. The van der Waals surface area contributed by atoms with Crippen LogP contribution in [-0.4, -0.2) is 37.8 Å². The number of aliphatic imine (C=N–C) groups is 1. The van der Waals surface area contributed by atoms with Gasteiger partial charge in [0.25, 0.3) is 0 Å². The second kappa shape index (κ2) is 10.7. The summed E-state index contributed by atoms with van der Waals surface area (Å²) >= 11 is 6.18. The van der Waals surface area contributed by atoms with E-state index in [4.69, 9.17) is 16.3 Å². The van der Waals surface area contributed by atoms with Crippen molar-refractivity contribution in [2.75, 3.05) is 26.7 Å². The summed E-state index contributed by atoms with van der Waals surface area (Å²) in [5.41, 5.74) is 1.90. The maximum atomic E-state index is 10.3. The monoisotopic (exact) mass is 375 g/mol. The lowest BCUT2D eigenvalue weighted by Crippen LogP contribution is -2.38. The van der Waals surface area contributed by atoms with E-state index in [1.807, 2.05) is 55.5 Å². The van der Waals surface area contributed by atoms with Crippen LogP contribution < -0.4 is 15.4 Å². The molecular formula is C20H26ClN3O2. The minimum Gasteiger partial charge on any atom is -0.497 e. The highest BCUT2D eigenvalue weighted by Gasteiger charge is 2.08. The molecule has 6 heteroatoms. The van der Waals surface area contributed by atoms with Crippen LogP contribution in [0.3, 0.4) is 0 Å². The second-order valence-electron chi connectivity index (χ2n) is 5.78. The molecule has 0 bridgehead atoms. The Morgan fingerprint density at radius 1 is 1.15 bits per heavy atom. The van der Waals surface area contributed by atoms with Gasteiger partial charge < -0.3 is 20.5 Å². The zero-order valence-electron chi connectivity index (χ0n) is 15.2. The average molecular weight is 376 g/mol. The lowest BCUT2D eigenvalue weighted by atomic mass is 10.1. The van der Waals surface area contributed by atoms with Crippen molar-refractivity contribution in [1.82, 2.24) is 10.6 Å². The average Bonchev–Trinajstić information content (AvgIpc) is 2.67. The molecule has 0 saturated heterocycles. The number of guanidine groups is 1. The van der Waals surface area contributed by atoms with Crippen molar-refractivity contribution in [2.24, 2.45) is 4.99 Å². The van der Waals surface area contributed by atoms with Gasteiger partial charge in [-0.25, -0.2) is 0 Å². The van der Waals surface area contributed by atoms with E-state index < -0.39 is 6.10 Å². The number of aliphatic hydroxyl groups excluding tert-OH is 1. The summed E-state index contributed by atoms with van der Waals surface area (Å²) in [7, 11) is 1.62. The fourth-order valence-corrected chi connectivity index (χ4v) is 2.70. The smallest absolute Gasteiger partial charge is 0.191 e. The maximum Gasteiger partial charge on any atom is 0.191 e. The molecule has 2 aromatic rings. The summed E-state index contributed by atoms with van der Waals surface area (Å²) in [6, 6.07) is 15.2. The molecule has 3 N–H and O–H groups in total. The number of nitrogens with zero attached hydrogens (tertiary/aromatic N) is 1. The molecule has 0 aromatic heterocycles. The summed E-state index contributed by atoms with van der Waals surface area (Å²) in [4.78, 5) is 4.47. The van der Waals surface area contributed by atoms with Gasteiger partial charge in [-0.3, -0.25) is 4.99 Å². The number of hydrogen-bond acceptors (Lipinski definition) is 3. The first-order valence-corrected chi connectivity index (χ1v) is 9.09. The van der Waals surface area contributed by atoms with Gasteiger partial charge in [-0.15, -0.1) is 0 Å². The number of methoxy groups -OCH3 is 1. The van der Waals surface area contributed by atoms with Crippen LogP contribution >= 0.6 is 11.6 Å². The Balaban J connectivity index is 1.89. The van der Waals surface area contributed by atoms with Gasteiger partial charge in [0.15, 0.2) is 5.96 Å². The lowest BCUT2D eigenvalue weighted by molar-refractivity contribution is 0.187. The fourth-order valence-electron chi connectivity index (χ4n) is 2.47. The van der Waals surface area contributed by atoms with E-state index in [1.54, 1.807) is 7.11 Å². The Morgan fingerprint density at radius 3 is 2.54 bits per heavy atom. The van der Waals surface area contributed by atoms with Crippen molar-refractivity contribution in [1.29, 1.82) is 0 Å². The molecule has 0 saturated carbocycles. The first-order valence-electron chi connectivity index (χ1n) is 8.71. The van der Waals surface area contributed by atoms with Crippen LogP contribution in [0.2, 0.25) is 5.02 Å². The highest BCUT2D eigenvalue weighted by molar-refractivity contribution is 6.31. The van der Waals surface area contributed by atoms with E-state index in [1.165, 1.54) is 0 Å². The molecule has 0 aliphatic heterocycles. The standard InChI is InChI=1S/C20H26ClN3O2/c1-3-22-20(23-13-12-15-6-4-5-7-18(15)21)24-14-19(25)16-8-10-17(26-2)11-9-16/h4-11,19,25H,3,12-14H2,1-2H3,(H2,22,23,24). The summed E-state index contributed by atoms with van der Waals surface area (Å²) < 4.78 is 5.13. The van der Waals surface area contributed by atoms with Crippen LogP contribution in [-0.2, 0) is 6.42 Å². The third-order valence-corrected chi connectivity index (χ3v) is 4.28. The predicted octanol–water partition coefficient (Wildman–Crippen LogP) is 3.18. The molecule has 0 amide bonds. The number of hydrogen-bond donors (Lipinski definition) is 3. The molecule has 1 unspecified atom stereocenters. The van der Waals surface area contributed by atoms with Gasteiger partial charge in [-0.05, 0) is 42.7 Å². The van der Waals surface area contributed by atoms with Crippen LogP contribution in [0, 0.1) is 0 Å². The van der Waals surface area contributed by atoms with Crippen molar-refractivity contribution in [3.63, 3.8) is 0 Å². The molecule has 26 heavy (non-hydrogen) atoms. The van der Waals surface area contributed by atoms with Crippen LogP contribution in [0.25, 0.3) is 0 Å². The molecule has 2 rings (SSSR count). The zero-order chi connectivity index (χ0) is 18.8. The molecule has 0 spiro atoms. The summed E-state index contributed by atoms with van der Waals surface area (Å²) in [6.45, 7) is 3.73. The van der Waals surface area contributed by atoms with Crippen LogP contribution in [0.15, 0.2) is 53.5 Å². The molecule has 140 valence electrons. The second-order valence-corrected chi connectivity index (χ2v) is 6.18. The van der Waals surface area contributed by atoms with E-state index in [9.17, 15) is 5.11 Å². The molecule has 1 atom stereocenters. The molecule has 0 aliphatic rings. The number of ether oxygens (including phenoxy) is 1. The third-order valence-electron chi connectivity index (χ3n) is 3.91. The number of rotatable bonds is 8. The van der Waals surface area contributed by atoms with E-state index in [2.05, 4.69) is 15.6 Å². The lowest BCUT2D eigenvalue weighted by Gasteiger charge is -2.14. The Morgan fingerprint density at radius 2 is 1.88 bits per heavy atom. The van der Waals surface area contributed by atoms with Gasteiger partial charge in [0, 0.05) is 18.1 Å². The first kappa shape index (κ1) is 20.1. The number of aliphatic hydroxyl groups is 1. The van der Waals surface area contributed by atoms with Gasteiger partial charge in [0.2, 0.25) is 0 Å². The van der Waals surface area contributed by atoms with E-state index in [0.29, 0.717) is 12.5 Å². The third kappa shape index (κ3) is 6.24. The summed E-state index contributed by atoms with van der Waals surface area (Å²) in [5, 5.41) is 17.5. The Kier molecular flexibility index (Phi) is 8.25. The van der Waals surface area contributed by atoms with E-state index in [0.717, 1.165) is 34.9 Å². The van der Waals surface area contributed by atoms with Crippen molar-refractivity contribution in [3.8, 4) is 5.75 Å². The number of benzene rings is 2. The molecule has 0 heterocycles. The molecule has 2 aromatic carbocycles. The molecule has 0 fully saturated rings. The summed E-state index contributed by atoms with van der Waals surface area (Å²) in [6.07, 6.45) is 0.130. The van der Waals surface area contributed by atoms with Gasteiger partial charge in [-0.1, -0.05) is 41.9 Å². The van der Waals surface area contributed by atoms with Gasteiger partial charge >= 0.3 is 0 Å². The van der Waals surface area contributed by atoms with Crippen LogP contribution in [0.4, 0.5) is 0 Å². The number of nitrogens with one attached hydrogen (secondary N) is 2. The molecule has 5 nitrogen and oxygen atoms in total. The van der Waals surface area contributed by atoms with Gasteiger partial charge in [0.05, 0.1) is 19.8 Å². The minimum absolute atomic E-state index is 0.272. The molecule has 0 radical (unpaired) electrons. The minimum atomic E-state index is -0.667. The maximum absolute atomic E-state index is 10.3. The van der Waals surface area contributed by atoms with Crippen molar-refractivity contribution >= 4 is 17.6 Å². The topological polar surface area (TPSA) is 65.9 Å². The highest BCUT2D eigenvalue weighted by atomic mass is 35.5. The molecule has 0 aliphatic carbocycles. The zero-order valence-corrected chi connectivity index (χ0v) is 16.0. The summed E-state index contributed by atoms with van der Waals surface area (Å²) in [5.74, 6) is 1.44. The molecular weight excluding hydrogens is 350 g/mol. The Bertz CT molecular complexity index is 704. The van der Waals surface area contributed by atoms with Crippen molar-refractivity contribution in [3.05, 3.63) is 64.7 Å². The van der Waals surface area contributed by atoms with E-state index >= 15 is 0 Å². The van der Waals surface area contributed by atoms with Crippen molar-refractivity contribution in [2.45, 2.75) is 19.4 Å². The first-order chi connectivity index (χ1) is 12.6.